The maximum absolute atomic E-state index is 10.9. The Hall–Kier alpha value is -1.38. The van der Waals surface area contributed by atoms with Crippen molar-refractivity contribution in [2.45, 2.75) is 0 Å². The van der Waals surface area contributed by atoms with Crippen molar-refractivity contribution in [2.75, 3.05) is 0 Å². The normalized spacial score (nSPS) is 10.1. The summed E-state index contributed by atoms with van der Waals surface area (Å²) in [6, 6.07) is 8.63. The average molecular weight is 252 g/mol. The first-order valence-electron chi connectivity index (χ1n) is 4.58. The third kappa shape index (κ3) is 1.94. The van der Waals surface area contributed by atoms with Gasteiger partial charge in [-0.05, 0) is 18.2 Å². The summed E-state index contributed by atoms with van der Waals surface area (Å²) in [5.74, 6) is 0. The Balaban J connectivity index is 2.67. The summed E-state index contributed by atoms with van der Waals surface area (Å²) in [5.41, 5.74) is 1.70. The minimum Gasteiger partial charge on any atom is -0.298 e. The Morgan fingerprint density at radius 2 is 1.94 bits per heavy atom. The second-order valence-electron chi connectivity index (χ2n) is 3.16. The van der Waals surface area contributed by atoms with E-state index < -0.39 is 0 Å². The van der Waals surface area contributed by atoms with Gasteiger partial charge in [-0.2, -0.15) is 0 Å². The van der Waals surface area contributed by atoms with Crippen LogP contribution in [-0.4, -0.2) is 11.3 Å². The van der Waals surface area contributed by atoms with Crippen molar-refractivity contribution in [2.24, 2.45) is 0 Å². The smallest absolute Gasteiger partial charge is 0.152 e. The SMILES string of the molecule is O=Cc1cccnc1-c1cccc(Cl)c1Cl. The highest BCUT2D eigenvalue weighted by molar-refractivity contribution is 6.43. The third-order valence-electron chi connectivity index (χ3n) is 2.17. The fourth-order valence-electron chi connectivity index (χ4n) is 1.42. The molecule has 0 aliphatic heterocycles. The molecule has 0 saturated carbocycles. The molecule has 0 atom stereocenters. The molecule has 0 bridgehead atoms. The van der Waals surface area contributed by atoms with Crippen LogP contribution >= 0.6 is 23.2 Å². The van der Waals surface area contributed by atoms with Crippen molar-refractivity contribution >= 4 is 29.5 Å². The zero-order valence-corrected chi connectivity index (χ0v) is 9.66. The number of aldehydes is 1. The maximum Gasteiger partial charge on any atom is 0.152 e. The second-order valence-corrected chi connectivity index (χ2v) is 3.95. The Bertz CT molecular complexity index is 540. The van der Waals surface area contributed by atoms with E-state index in [9.17, 15) is 4.79 Å². The fourth-order valence-corrected chi connectivity index (χ4v) is 1.81. The topological polar surface area (TPSA) is 30.0 Å². The van der Waals surface area contributed by atoms with Gasteiger partial charge in [-0.1, -0.05) is 35.3 Å². The van der Waals surface area contributed by atoms with Gasteiger partial charge in [0.15, 0.2) is 6.29 Å². The lowest BCUT2D eigenvalue weighted by atomic mass is 10.1. The van der Waals surface area contributed by atoms with Gasteiger partial charge >= 0.3 is 0 Å². The Kier molecular flexibility index (Phi) is 3.22. The van der Waals surface area contributed by atoms with Crippen LogP contribution in [0.4, 0.5) is 0 Å². The summed E-state index contributed by atoms with van der Waals surface area (Å²) in [5, 5.41) is 0.854. The predicted octanol–water partition coefficient (Wildman–Crippen LogP) is 3.87. The van der Waals surface area contributed by atoms with Crippen molar-refractivity contribution < 1.29 is 4.79 Å². The zero-order chi connectivity index (χ0) is 11.5. The number of benzene rings is 1. The average Bonchev–Trinajstić information content (AvgIpc) is 2.33. The number of hydrogen-bond acceptors (Lipinski definition) is 2. The third-order valence-corrected chi connectivity index (χ3v) is 2.99. The number of halogens is 2. The zero-order valence-electron chi connectivity index (χ0n) is 8.15. The van der Waals surface area contributed by atoms with Crippen molar-refractivity contribution in [3.63, 3.8) is 0 Å². The van der Waals surface area contributed by atoms with Gasteiger partial charge < -0.3 is 0 Å². The monoisotopic (exact) mass is 251 g/mol. The van der Waals surface area contributed by atoms with Crippen LogP contribution in [0.2, 0.25) is 10.0 Å². The number of nitrogens with zero attached hydrogens (tertiary/aromatic N) is 1. The number of rotatable bonds is 2. The lowest BCUT2D eigenvalue weighted by Crippen LogP contribution is -1.91. The minimum absolute atomic E-state index is 0.408. The van der Waals surface area contributed by atoms with E-state index in [0.29, 0.717) is 26.9 Å². The van der Waals surface area contributed by atoms with E-state index in [1.54, 1.807) is 36.5 Å². The second kappa shape index (κ2) is 4.64. The molecular weight excluding hydrogens is 245 g/mol. The van der Waals surface area contributed by atoms with E-state index in [0.717, 1.165) is 6.29 Å². The first kappa shape index (κ1) is 11.1. The van der Waals surface area contributed by atoms with Gasteiger partial charge in [0.05, 0.1) is 15.7 Å². The fraction of sp³-hybridized carbons (Fsp3) is 0. The maximum atomic E-state index is 10.9. The van der Waals surface area contributed by atoms with Gasteiger partial charge in [0, 0.05) is 17.3 Å². The highest BCUT2D eigenvalue weighted by Crippen LogP contribution is 2.33. The molecule has 1 aromatic heterocycles. The Labute approximate surface area is 103 Å². The van der Waals surface area contributed by atoms with Crippen molar-refractivity contribution in [1.82, 2.24) is 4.98 Å². The summed E-state index contributed by atoms with van der Waals surface area (Å²) in [7, 11) is 0. The molecule has 4 heteroatoms. The van der Waals surface area contributed by atoms with Crippen LogP contribution in [0.25, 0.3) is 11.3 Å². The lowest BCUT2D eigenvalue weighted by molar-refractivity contribution is 0.112. The van der Waals surface area contributed by atoms with Crippen molar-refractivity contribution in [1.29, 1.82) is 0 Å². The van der Waals surface area contributed by atoms with Gasteiger partial charge in [0.25, 0.3) is 0 Å². The molecule has 2 nitrogen and oxygen atoms in total. The summed E-state index contributed by atoms with van der Waals surface area (Å²) in [6.45, 7) is 0. The molecule has 0 fully saturated rings. The van der Waals surface area contributed by atoms with E-state index in [4.69, 9.17) is 23.2 Å². The molecule has 0 aliphatic carbocycles. The first-order valence-corrected chi connectivity index (χ1v) is 5.34. The number of hydrogen-bond donors (Lipinski definition) is 0. The summed E-state index contributed by atoms with van der Waals surface area (Å²) in [4.78, 5) is 15.0. The van der Waals surface area contributed by atoms with Crippen molar-refractivity contribution in [3.05, 3.63) is 52.1 Å². The van der Waals surface area contributed by atoms with E-state index in [2.05, 4.69) is 4.98 Å². The predicted molar refractivity (Wildman–Crippen MR) is 65.1 cm³/mol. The number of carbonyl (C=O) groups is 1. The molecule has 0 unspecified atom stereocenters. The molecular formula is C12H7Cl2NO. The van der Waals surface area contributed by atoms with E-state index in [-0.39, 0.29) is 0 Å². The number of carbonyl (C=O) groups excluding carboxylic acids is 1. The van der Waals surface area contributed by atoms with E-state index >= 15 is 0 Å². The van der Waals surface area contributed by atoms with Crippen LogP contribution in [0.5, 0.6) is 0 Å². The van der Waals surface area contributed by atoms with Crippen LogP contribution in [0.15, 0.2) is 36.5 Å². The molecule has 0 spiro atoms. The van der Waals surface area contributed by atoms with Gasteiger partial charge in [-0.3, -0.25) is 9.78 Å². The lowest BCUT2D eigenvalue weighted by Gasteiger charge is -2.06. The van der Waals surface area contributed by atoms with E-state index in [1.165, 1.54) is 0 Å². The molecule has 2 aromatic rings. The highest BCUT2D eigenvalue weighted by atomic mass is 35.5. The van der Waals surface area contributed by atoms with Gasteiger partial charge in [-0.25, -0.2) is 0 Å². The molecule has 0 saturated heterocycles. The van der Waals surface area contributed by atoms with Crippen LogP contribution in [0.1, 0.15) is 10.4 Å². The number of aromatic nitrogens is 1. The minimum atomic E-state index is 0.408. The van der Waals surface area contributed by atoms with Crippen LogP contribution < -0.4 is 0 Å². The molecule has 1 heterocycles. The Morgan fingerprint density at radius 1 is 1.12 bits per heavy atom. The van der Waals surface area contributed by atoms with Crippen LogP contribution in [-0.2, 0) is 0 Å². The molecule has 16 heavy (non-hydrogen) atoms. The van der Waals surface area contributed by atoms with Gasteiger partial charge in [-0.15, -0.1) is 0 Å². The van der Waals surface area contributed by atoms with Crippen LogP contribution in [0, 0.1) is 0 Å². The molecule has 0 radical (unpaired) electrons. The molecule has 0 N–H and O–H groups in total. The van der Waals surface area contributed by atoms with Gasteiger partial charge in [0.2, 0.25) is 0 Å². The van der Waals surface area contributed by atoms with Gasteiger partial charge in [0.1, 0.15) is 0 Å². The standard InChI is InChI=1S/C12H7Cl2NO/c13-10-5-1-4-9(11(10)14)12-8(7-16)3-2-6-15-12/h1-7H. The summed E-state index contributed by atoms with van der Waals surface area (Å²) >= 11 is 12.0. The largest absolute Gasteiger partial charge is 0.298 e. The highest BCUT2D eigenvalue weighted by Gasteiger charge is 2.11. The molecule has 80 valence electrons. The molecule has 0 aliphatic rings. The molecule has 0 amide bonds. The van der Waals surface area contributed by atoms with Crippen LogP contribution in [0.3, 0.4) is 0 Å². The van der Waals surface area contributed by atoms with E-state index in [1.807, 2.05) is 0 Å². The van der Waals surface area contributed by atoms with Crippen molar-refractivity contribution in [3.8, 4) is 11.3 Å². The number of pyridine rings is 1. The summed E-state index contributed by atoms with van der Waals surface area (Å²) < 4.78 is 0. The Morgan fingerprint density at radius 3 is 2.69 bits per heavy atom. The summed E-state index contributed by atoms with van der Waals surface area (Å²) in [6.07, 6.45) is 2.36. The quantitative estimate of drug-likeness (QED) is 0.759. The first-order chi connectivity index (χ1) is 7.74. The molecule has 1 aromatic carbocycles. The molecule has 2 rings (SSSR count).